The zero-order chi connectivity index (χ0) is 19.1. The molecule has 26 heavy (non-hydrogen) atoms. The summed E-state index contributed by atoms with van der Waals surface area (Å²) >= 11 is 0. The van der Waals surface area contributed by atoms with E-state index in [1.54, 1.807) is 6.92 Å². The number of hydrogen-bond donors (Lipinski definition) is 3. The fourth-order valence-electron chi connectivity index (χ4n) is 2.80. The van der Waals surface area contributed by atoms with Gasteiger partial charge in [0.05, 0.1) is 17.3 Å². The van der Waals surface area contributed by atoms with Crippen molar-refractivity contribution >= 4 is 11.0 Å². The van der Waals surface area contributed by atoms with Crippen molar-refractivity contribution in [2.75, 3.05) is 6.61 Å². The second-order valence-corrected chi connectivity index (χ2v) is 5.79. The summed E-state index contributed by atoms with van der Waals surface area (Å²) in [5.74, 6) is 0. The summed E-state index contributed by atoms with van der Waals surface area (Å²) in [4.78, 5) is 28.3. The molecule has 2 heterocycles. The minimum atomic E-state index is -4.44. The summed E-state index contributed by atoms with van der Waals surface area (Å²) in [6.07, 6.45) is -4.34. The minimum Gasteiger partial charge on any atom is -0.396 e. The summed E-state index contributed by atoms with van der Waals surface area (Å²) in [6, 6.07) is 4.00. The highest BCUT2D eigenvalue weighted by atomic mass is 19.4. The summed E-state index contributed by atoms with van der Waals surface area (Å²) in [6.45, 7) is 1.43. The Balaban J connectivity index is 2.12. The van der Waals surface area contributed by atoms with Gasteiger partial charge in [0, 0.05) is 13.0 Å². The molecular formula is C16H15F3N4O3. The Morgan fingerprint density at radius 1 is 1.19 bits per heavy atom. The van der Waals surface area contributed by atoms with Crippen LogP contribution in [0.5, 0.6) is 0 Å². The molecule has 0 fully saturated rings. The zero-order valence-corrected chi connectivity index (χ0v) is 13.6. The molecule has 3 rings (SSSR count). The third kappa shape index (κ3) is 3.15. The van der Waals surface area contributed by atoms with Crippen LogP contribution in [0.4, 0.5) is 13.2 Å². The maximum atomic E-state index is 12.7. The van der Waals surface area contributed by atoms with Gasteiger partial charge in [-0.3, -0.25) is 14.8 Å². The Morgan fingerprint density at radius 2 is 1.85 bits per heavy atom. The predicted octanol–water partition coefficient (Wildman–Crippen LogP) is 1.58. The van der Waals surface area contributed by atoms with Crippen molar-refractivity contribution in [1.29, 1.82) is 0 Å². The van der Waals surface area contributed by atoms with Crippen molar-refractivity contribution in [2.45, 2.75) is 25.6 Å². The van der Waals surface area contributed by atoms with Crippen LogP contribution < -0.4 is 11.2 Å². The second kappa shape index (κ2) is 6.45. The van der Waals surface area contributed by atoms with E-state index in [-0.39, 0.29) is 24.1 Å². The molecule has 7 nitrogen and oxygen atoms in total. The third-order valence-electron chi connectivity index (χ3n) is 4.10. The minimum absolute atomic E-state index is 0.0956. The van der Waals surface area contributed by atoms with E-state index in [1.165, 1.54) is 16.8 Å². The molecule has 0 amide bonds. The first kappa shape index (κ1) is 17.9. The summed E-state index contributed by atoms with van der Waals surface area (Å²) in [5, 5.41) is 13.6. The van der Waals surface area contributed by atoms with Crippen LogP contribution in [-0.2, 0) is 12.6 Å². The van der Waals surface area contributed by atoms with Crippen LogP contribution in [0.1, 0.15) is 29.8 Å². The SMILES string of the molecule is CC(c1ccc(C(F)(F)F)cc1)n1nc(CCO)c2c(=O)[nH]c(=O)[nH]c21. The van der Waals surface area contributed by atoms with Crippen LogP contribution in [0.2, 0.25) is 0 Å². The largest absolute Gasteiger partial charge is 0.416 e. The number of halogens is 3. The molecule has 1 aromatic carbocycles. The smallest absolute Gasteiger partial charge is 0.396 e. The predicted molar refractivity (Wildman–Crippen MR) is 87.0 cm³/mol. The number of rotatable bonds is 4. The van der Waals surface area contributed by atoms with E-state index < -0.39 is 29.0 Å². The molecule has 10 heteroatoms. The molecule has 1 unspecified atom stereocenters. The van der Waals surface area contributed by atoms with E-state index in [0.717, 1.165) is 12.1 Å². The van der Waals surface area contributed by atoms with E-state index in [0.29, 0.717) is 11.3 Å². The van der Waals surface area contributed by atoms with Crippen molar-refractivity contribution in [3.8, 4) is 0 Å². The van der Waals surface area contributed by atoms with Gasteiger partial charge in [-0.05, 0) is 24.6 Å². The highest BCUT2D eigenvalue weighted by Gasteiger charge is 2.30. The van der Waals surface area contributed by atoms with Gasteiger partial charge in [0.1, 0.15) is 11.0 Å². The van der Waals surface area contributed by atoms with Crippen molar-refractivity contribution in [3.05, 3.63) is 61.9 Å². The van der Waals surface area contributed by atoms with Gasteiger partial charge >= 0.3 is 11.9 Å². The molecule has 1 atom stereocenters. The van der Waals surface area contributed by atoms with Gasteiger partial charge in [0.2, 0.25) is 0 Å². The first-order valence-corrected chi connectivity index (χ1v) is 7.74. The number of benzene rings is 1. The molecule has 0 aliphatic carbocycles. The lowest BCUT2D eigenvalue weighted by molar-refractivity contribution is -0.137. The van der Waals surface area contributed by atoms with Gasteiger partial charge in [-0.2, -0.15) is 18.3 Å². The highest BCUT2D eigenvalue weighted by Crippen LogP contribution is 2.30. The average Bonchev–Trinajstić information content (AvgIpc) is 2.92. The number of aliphatic hydroxyl groups is 1. The van der Waals surface area contributed by atoms with E-state index in [9.17, 15) is 22.8 Å². The first-order chi connectivity index (χ1) is 12.2. The van der Waals surface area contributed by atoms with Crippen molar-refractivity contribution in [1.82, 2.24) is 19.7 Å². The summed E-state index contributed by atoms with van der Waals surface area (Å²) < 4.78 is 39.5. The van der Waals surface area contributed by atoms with Crippen molar-refractivity contribution in [2.24, 2.45) is 0 Å². The van der Waals surface area contributed by atoms with Crippen LogP contribution in [0.25, 0.3) is 11.0 Å². The molecular weight excluding hydrogens is 353 g/mol. The molecule has 138 valence electrons. The monoisotopic (exact) mass is 368 g/mol. The number of nitrogens with one attached hydrogen (secondary N) is 2. The van der Waals surface area contributed by atoms with Crippen molar-refractivity contribution in [3.63, 3.8) is 0 Å². The zero-order valence-electron chi connectivity index (χ0n) is 13.6. The number of fused-ring (bicyclic) bond motifs is 1. The number of H-pyrrole nitrogens is 2. The number of nitrogens with zero attached hydrogens (tertiary/aromatic N) is 2. The molecule has 0 saturated carbocycles. The Kier molecular flexibility index (Phi) is 4.45. The number of hydrogen-bond acceptors (Lipinski definition) is 4. The van der Waals surface area contributed by atoms with Gasteiger partial charge in [0.15, 0.2) is 0 Å². The van der Waals surface area contributed by atoms with Gasteiger partial charge < -0.3 is 5.11 Å². The van der Waals surface area contributed by atoms with Crippen molar-refractivity contribution < 1.29 is 18.3 Å². The van der Waals surface area contributed by atoms with E-state index in [4.69, 9.17) is 5.11 Å². The lowest BCUT2D eigenvalue weighted by Gasteiger charge is -2.15. The number of aromatic amines is 2. The van der Waals surface area contributed by atoms with Gasteiger partial charge in [0.25, 0.3) is 5.56 Å². The first-order valence-electron chi connectivity index (χ1n) is 7.74. The van der Waals surface area contributed by atoms with Gasteiger partial charge in [-0.1, -0.05) is 12.1 Å². The summed E-state index contributed by atoms with van der Waals surface area (Å²) in [7, 11) is 0. The van der Waals surface area contributed by atoms with Crippen LogP contribution in [0.15, 0.2) is 33.9 Å². The van der Waals surface area contributed by atoms with Crippen LogP contribution in [0.3, 0.4) is 0 Å². The molecule has 0 saturated heterocycles. The Bertz CT molecular complexity index is 1050. The molecule has 0 aliphatic heterocycles. The molecule has 0 bridgehead atoms. The lowest BCUT2D eigenvalue weighted by Crippen LogP contribution is -2.23. The Hall–Kier alpha value is -2.88. The van der Waals surface area contributed by atoms with E-state index in [1.807, 2.05) is 0 Å². The molecule has 0 aliphatic rings. The normalized spacial score (nSPS) is 13.3. The second-order valence-electron chi connectivity index (χ2n) is 5.79. The van der Waals surface area contributed by atoms with Crippen LogP contribution in [-0.4, -0.2) is 31.5 Å². The maximum absolute atomic E-state index is 12.7. The number of aliphatic hydroxyl groups excluding tert-OH is 1. The standard InChI is InChI=1S/C16H15F3N4O3/c1-8(9-2-4-10(5-3-9)16(17,18)19)23-13-12(11(22-23)6-7-24)14(25)21-15(26)20-13/h2-5,8,24H,6-7H2,1H3,(H2,20,21,25,26). The highest BCUT2D eigenvalue weighted by molar-refractivity contribution is 5.77. The lowest BCUT2D eigenvalue weighted by atomic mass is 10.1. The average molecular weight is 368 g/mol. The van der Waals surface area contributed by atoms with Crippen LogP contribution in [0, 0.1) is 0 Å². The van der Waals surface area contributed by atoms with E-state index >= 15 is 0 Å². The van der Waals surface area contributed by atoms with E-state index in [2.05, 4.69) is 15.1 Å². The summed E-state index contributed by atoms with van der Waals surface area (Å²) in [5.41, 5.74) is -1.19. The Labute approximate surface area is 144 Å². The van der Waals surface area contributed by atoms with Gasteiger partial charge in [-0.15, -0.1) is 0 Å². The fraction of sp³-hybridized carbons (Fsp3) is 0.312. The third-order valence-corrected chi connectivity index (χ3v) is 4.10. The quantitative estimate of drug-likeness (QED) is 0.650. The van der Waals surface area contributed by atoms with Crippen LogP contribution >= 0.6 is 0 Å². The molecule has 2 aromatic heterocycles. The molecule has 0 radical (unpaired) electrons. The molecule has 3 N–H and O–H groups in total. The Morgan fingerprint density at radius 3 is 2.42 bits per heavy atom. The number of aromatic nitrogens is 4. The molecule has 0 spiro atoms. The molecule has 3 aromatic rings. The maximum Gasteiger partial charge on any atom is 0.416 e. The fourth-order valence-corrected chi connectivity index (χ4v) is 2.80. The van der Waals surface area contributed by atoms with Gasteiger partial charge in [-0.25, -0.2) is 9.48 Å². The number of alkyl halides is 3. The topological polar surface area (TPSA) is 104 Å².